The van der Waals surface area contributed by atoms with Crippen LogP contribution < -0.4 is 15.6 Å². The Morgan fingerprint density at radius 3 is 0.836 bits per heavy atom. The van der Waals surface area contributed by atoms with Crippen LogP contribution in [-0.4, -0.2) is 8.07 Å². The van der Waals surface area contributed by atoms with Crippen molar-refractivity contribution in [1.82, 2.24) is 0 Å². The Morgan fingerprint density at radius 1 is 0.364 bits per heavy atom. The molecule has 0 saturated heterocycles. The molecule has 0 fully saturated rings. The summed E-state index contributed by atoms with van der Waals surface area (Å²) in [6.07, 6.45) is 2.62. The lowest BCUT2D eigenvalue weighted by atomic mass is 9.94. The fraction of sp³-hybridized carbons (Fsp3) is 0.259. The molecule has 278 valence electrons. The van der Waals surface area contributed by atoms with Crippen LogP contribution in [0, 0.1) is 62.3 Å². The van der Waals surface area contributed by atoms with Gasteiger partial charge in [0.15, 0.2) is 8.07 Å². The van der Waals surface area contributed by atoms with E-state index in [1.807, 2.05) is 0 Å². The summed E-state index contributed by atoms with van der Waals surface area (Å²) < 4.78 is 0. The maximum absolute atomic E-state index is 2.88. The summed E-state index contributed by atoms with van der Waals surface area (Å²) in [5.74, 6) is 0. The Morgan fingerprint density at radius 2 is 0.618 bits per heavy atom. The van der Waals surface area contributed by atoms with Crippen molar-refractivity contribution in [2.24, 2.45) is 0 Å². The Hall–Kier alpha value is -4.98. The van der Waals surface area contributed by atoms with Gasteiger partial charge in [-0.05, 0) is 171 Å². The van der Waals surface area contributed by atoms with E-state index in [0.717, 1.165) is 0 Å². The summed E-state index contributed by atoms with van der Waals surface area (Å²) in [5, 5.41) is 4.10. The molecule has 0 aliphatic heterocycles. The van der Waals surface area contributed by atoms with E-state index >= 15 is 0 Å². The van der Waals surface area contributed by atoms with Gasteiger partial charge in [-0.3, -0.25) is 0 Å². The van der Waals surface area contributed by atoms with Crippen molar-refractivity contribution in [1.29, 1.82) is 0 Å². The fourth-order valence-electron chi connectivity index (χ4n) is 10.7. The van der Waals surface area contributed by atoms with Crippen LogP contribution in [-0.2, 0) is 0 Å². The van der Waals surface area contributed by atoms with Crippen molar-refractivity contribution in [3.05, 3.63) is 182 Å². The van der Waals surface area contributed by atoms with Crippen molar-refractivity contribution in [2.45, 2.75) is 95.0 Å². The minimum atomic E-state index is -2.88. The molecular formula is C54H58Si. The maximum atomic E-state index is 2.62. The van der Waals surface area contributed by atoms with Crippen LogP contribution in [0.5, 0.6) is 0 Å². The molecule has 0 aromatic heterocycles. The average Bonchev–Trinajstić information content (AvgIpc) is 3.31. The SMILES string of the molecule is CC1=CC(C)([Si](c2ccc(-c3c(C)cc(C)cc3C)cc2)(c2ccc(-c3c(C)cc(C)cc3C)cc2)c2ccc(-c3c(C)cc(C)cc3C)cc2)C(C)=C1C. The van der Waals surface area contributed by atoms with E-state index < -0.39 is 8.07 Å². The summed E-state index contributed by atoms with van der Waals surface area (Å²) in [7, 11) is -2.88. The van der Waals surface area contributed by atoms with Crippen LogP contribution in [0.2, 0.25) is 5.04 Å². The van der Waals surface area contributed by atoms with Crippen LogP contribution >= 0.6 is 0 Å². The second-order valence-corrected chi connectivity index (χ2v) is 21.4. The highest BCUT2D eigenvalue weighted by Crippen LogP contribution is 2.53. The van der Waals surface area contributed by atoms with Gasteiger partial charge in [0, 0.05) is 5.04 Å². The molecule has 7 rings (SSSR count). The van der Waals surface area contributed by atoms with Gasteiger partial charge in [-0.15, -0.1) is 0 Å². The molecule has 6 aromatic rings. The molecule has 0 saturated carbocycles. The number of rotatable bonds is 7. The molecule has 0 bridgehead atoms. The highest BCUT2D eigenvalue weighted by atomic mass is 28.3. The predicted molar refractivity (Wildman–Crippen MR) is 243 cm³/mol. The van der Waals surface area contributed by atoms with E-state index in [9.17, 15) is 0 Å². The van der Waals surface area contributed by atoms with E-state index in [2.05, 4.69) is 205 Å². The first-order valence-electron chi connectivity index (χ1n) is 20.0. The normalized spacial score (nSPS) is 15.8. The summed E-state index contributed by atoms with van der Waals surface area (Å²) >= 11 is 0. The Bertz CT molecular complexity index is 2210. The van der Waals surface area contributed by atoms with Crippen LogP contribution in [0.3, 0.4) is 0 Å². The van der Waals surface area contributed by atoms with Crippen molar-refractivity contribution < 1.29 is 0 Å². The molecule has 0 spiro atoms. The maximum Gasteiger partial charge on any atom is 0.161 e. The topological polar surface area (TPSA) is 0 Å². The fourth-order valence-corrected chi connectivity index (χ4v) is 16.7. The first-order chi connectivity index (χ1) is 26.1. The number of benzene rings is 6. The molecule has 1 aliphatic rings. The van der Waals surface area contributed by atoms with Crippen molar-refractivity contribution in [2.75, 3.05) is 0 Å². The number of allylic oxidation sites excluding steroid dienone is 4. The highest BCUT2D eigenvalue weighted by molar-refractivity contribution is 7.14. The average molecular weight is 735 g/mol. The number of hydrogen-bond donors (Lipinski definition) is 0. The van der Waals surface area contributed by atoms with E-state index in [0.29, 0.717) is 0 Å². The van der Waals surface area contributed by atoms with Gasteiger partial charge in [0.25, 0.3) is 0 Å². The second kappa shape index (κ2) is 14.3. The molecule has 6 aromatic carbocycles. The molecule has 1 aliphatic carbocycles. The third-order valence-corrected chi connectivity index (χ3v) is 18.7. The van der Waals surface area contributed by atoms with Gasteiger partial charge in [-0.25, -0.2) is 0 Å². The van der Waals surface area contributed by atoms with Crippen LogP contribution in [0.1, 0.15) is 77.8 Å². The van der Waals surface area contributed by atoms with Crippen molar-refractivity contribution in [3.8, 4) is 33.4 Å². The monoisotopic (exact) mass is 734 g/mol. The van der Waals surface area contributed by atoms with Gasteiger partial charge in [-0.2, -0.15) is 0 Å². The molecule has 0 N–H and O–H groups in total. The first-order valence-corrected chi connectivity index (χ1v) is 22.0. The minimum Gasteiger partial charge on any atom is -0.0730 e. The molecule has 1 unspecified atom stereocenters. The standard InChI is InChI=1S/C54H58Si/c1-33-26-36(4)51(37(5)27-33)45-14-20-48(21-15-45)55(54(13)32-42(10)43(11)44(54)12,49-22-16-46(17-23-49)52-38(6)28-34(2)29-39(52)7)50-24-18-47(19-25-50)53-40(8)30-35(3)31-41(53)9/h14-32H,1-13H3. The van der Waals surface area contributed by atoms with Crippen molar-refractivity contribution in [3.63, 3.8) is 0 Å². The third-order valence-electron chi connectivity index (χ3n) is 13.1. The predicted octanol–water partition coefficient (Wildman–Crippen LogP) is 13.0. The van der Waals surface area contributed by atoms with Gasteiger partial charge >= 0.3 is 0 Å². The molecule has 0 radical (unpaired) electrons. The van der Waals surface area contributed by atoms with Gasteiger partial charge in [0.05, 0.1) is 0 Å². The van der Waals surface area contributed by atoms with Crippen LogP contribution in [0.25, 0.3) is 33.4 Å². The second-order valence-electron chi connectivity index (χ2n) is 17.1. The smallest absolute Gasteiger partial charge is 0.0730 e. The van der Waals surface area contributed by atoms with Crippen molar-refractivity contribution >= 4 is 23.6 Å². The minimum absolute atomic E-state index is 0.202. The van der Waals surface area contributed by atoms with E-state index in [4.69, 9.17) is 0 Å². The zero-order valence-corrected chi connectivity index (χ0v) is 36.5. The lowest BCUT2D eigenvalue weighted by Crippen LogP contribution is -2.73. The summed E-state index contributed by atoms with van der Waals surface area (Å²) in [5.41, 5.74) is 24.1. The summed E-state index contributed by atoms with van der Waals surface area (Å²) in [4.78, 5) is 0. The lowest BCUT2D eigenvalue weighted by Gasteiger charge is -2.47. The molecular weight excluding hydrogens is 677 g/mol. The third kappa shape index (κ3) is 6.31. The quantitative estimate of drug-likeness (QED) is 0.113. The summed E-state index contributed by atoms with van der Waals surface area (Å²) in [6.45, 7) is 29.7. The van der Waals surface area contributed by atoms with Gasteiger partial charge in [0.1, 0.15) is 0 Å². The number of hydrogen-bond acceptors (Lipinski definition) is 0. The zero-order chi connectivity index (χ0) is 39.6. The number of aryl methyl sites for hydroxylation is 9. The molecule has 1 atom stereocenters. The van der Waals surface area contributed by atoms with E-state index in [1.165, 1.54) is 116 Å². The van der Waals surface area contributed by atoms with Crippen LogP contribution in [0.4, 0.5) is 0 Å². The Balaban J connectivity index is 1.52. The molecule has 0 nitrogen and oxygen atoms in total. The van der Waals surface area contributed by atoms with Gasteiger partial charge < -0.3 is 0 Å². The van der Waals surface area contributed by atoms with Gasteiger partial charge in [-0.1, -0.05) is 150 Å². The molecule has 55 heavy (non-hydrogen) atoms. The van der Waals surface area contributed by atoms with Crippen LogP contribution in [0.15, 0.2) is 132 Å². The van der Waals surface area contributed by atoms with E-state index in [-0.39, 0.29) is 5.04 Å². The Labute approximate surface area is 332 Å². The largest absolute Gasteiger partial charge is 0.161 e. The Kier molecular flexibility index (Phi) is 9.93. The molecule has 0 amide bonds. The highest BCUT2D eigenvalue weighted by Gasteiger charge is 2.56. The molecule has 0 heterocycles. The lowest BCUT2D eigenvalue weighted by molar-refractivity contribution is 0.870. The first kappa shape index (κ1) is 38.3. The zero-order valence-electron chi connectivity index (χ0n) is 35.5. The molecule has 1 heteroatoms. The van der Waals surface area contributed by atoms with Gasteiger partial charge in [0.2, 0.25) is 0 Å². The van der Waals surface area contributed by atoms with E-state index in [1.54, 1.807) is 0 Å². The summed E-state index contributed by atoms with van der Waals surface area (Å²) in [6, 6.07) is 43.3.